The summed E-state index contributed by atoms with van der Waals surface area (Å²) < 4.78 is 14.8. The van der Waals surface area contributed by atoms with Crippen molar-refractivity contribution in [2.75, 3.05) is 13.1 Å². The van der Waals surface area contributed by atoms with E-state index in [9.17, 15) is 4.39 Å². The fourth-order valence-corrected chi connectivity index (χ4v) is 3.59. The molecule has 1 fully saturated rings. The number of hydrogen-bond acceptors (Lipinski definition) is 1. The molecule has 2 rings (SSSR count). The molecular weight excluding hydrogens is 317 g/mol. The molecule has 0 radical (unpaired) electrons. The molecule has 0 spiro atoms. The zero-order valence-electron chi connectivity index (χ0n) is 12.3. The minimum atomic E-state index is -0.0646. The molecule has 1 saturated carbocycles. The van der Waals surface area contributed by atoms with E-state index in [1.807, 2.05) is 12.1 Å². The summed E-state index contributed by atoms with van der Waals surface area (Å²) >= 11 is 3.33. The molecule has 2 atom stereocenters. The highest BCUT2D eigenvalue weighted by Gasteiger charge is 2.25. The second kappa shape index (κ2) is 8.14. The van der Waals surface area contributed by atoms with Crippen LogP contribution in [0.2, 0.25) is 0 Å². The Bertz CT molecular complexity index is 421. The lowest BCUT2D eigenvalue weighted by Crippen LogP contribution is -2.32. The molecule has 1 aromatic rings. The summed E-state index contributed by atoms with van der Waals surface area (Å²) in [6, 6.07) is 5.47. The van der Waals surface area contributed by atoms with Gasteiger partial charge in [-0.2, -0.15) is 0 Å². The van der Waals surface area contributed by atoms with E-state index in [2.05, 4.69) is 28.2 Å². The van der Waals surface area contributed by atoms with Gasteiger partial charge in [0.15, 0.2) is 0 Å². The van der Waals surface area contributed by atoms with Gasteiger partial charge in [0.25, 0.3) is 0 Å². The van der Waals surface area contributed by atoms with Crippen LogP contribution >= 0.6 is 15.9 Å². The van der Waals surface area contributed by atoms with Gasteiger partial charge < -0.3 is 5.32 Å². The molecule has 0 aliphatic heterocycles. The molecule has 3 heteroatoms. The molecule has 2 unspecified atom stereocenters. The molecule has 0 amide bonds. The number of rotatable bonds is 6. The third-order valence-corrected chi connectivity index (χ3v) is 4.89. The van der Waals surface area contributed by atoms with Gasteiger partial charge in [-0.1, -0.05) is 41.8 Å². The van der Waals surface area contributed by atoms with Crippen LogP contribution in [0.15, 0.2) is 22.7 Å². The predicted molar refractivity (Wildman–Crippen MR) is 86.4 cm³/mol. The fourth-order valence-electron chi connectivity index (χ4n) is 3.26. The van der Waals surface area contributed by atoms with Gasteiger partial charge in [-0.3, -0.25) is 0 Å². The van der Waals surface area contributed by atoms with Crippen LogP contribution in [0.4, 0.5) is 4.39 Å². The van der Waals surface area contributed by atoms with E-state index in [1.54, 1.807) is 6.07 Å². The lowest BCUT2D eigenvalue weighted by Gasteiger charge is -2.32. The van der Waals surface area contributed by atoms with Gasteiger partial charge in [0, 0.05) is 4.47 Å². The zero-order chi connectivity index (χ0) is 14.4. The maximum atomic E-state index is 14.0. The molecule has 1 aliphatic carbocycles. The molecule has 0 bridgehead atoms. The zero-order valence-corrected chi connectivity index (χ0v) is 13.9. The molecule has 0 heterocycles. The van der Waals surface area contributed by atoms with Gasteiger partial charge in [0.1, 0.15) is 5.82 Å². The van der Waals surface area contributed by atoms with E-state index in [1.165, 1.54) is 32.1 Å². The van der Waals surface area contributed by atoms with E-state index in [4.69, 9.17) is 0 Å². The summed E-state index contributed by atoms with van der Waals surface area (Å²) in [6.45, 7) is 4.38. The molecule has 112 valence electrons. The standard InChI is InChI=1S/C17H25BrFN/c1-2-9-20-12-15-6-4-3-5-13(15)10-14-7-8-16(18)11-17(14)19/h7-8,11,13,15,20H,2-6,9-10,12H2,1H3. The van der Waals surface area contributed by atoms with Gasteiger partial charge in [0.05, 0.1) is 0 Å². The summed E-state index contributed by atoms with van der Waals surface area (Å²) in [6.07, 6.45) is 7.23. The Labute approximate surface area is 130 Å². The average molecular weight is 342 g/mol. The third-order valence-electron chi connectivity index (χ3n) is 4.40. The van der Waals surface area contributed by atoms with Crippen LogP contribution in [0, 0.1) is 17.7 Å². The van der Waals surface area contributed by atoms with Crippen LogP contribution in [0.25, 0.3) is 0 Å². The molecule has 0 aromatic heterocycles. The van der Waals surface area contributed by atoms with Crippen molar-refractivity contribution in [3.05, 3.63) is 34.1 Å². The first-order chi connectivity index (χ1) is 9.70. The first kappa shape index (κ1) is 16.0. The lowest BCUT2D eigenvalue weighted by atomic mass is 9.76. The van der Waals surface area contributed by atoms with Crippen LogP contribution in [0.5, 0.6) is 0 Å². The maximum Gasteiger partial charge on any atom is 0.127 e. The van der Waals surface area contributed by atoms with E-state index in [0.717, 1.165) is 29.5 Å². The van der Waals surface area contributed by atoms with Crippen LogP contribution in [0.3, 0.4) is 0 Å². The Hall–Kier alpha value is -0.410. The summed E-state index contributed by atoms with van der Waals surface area (Å²) in [7, 11) is 0. The molecule has 1 aliphatic rings. The second-order valence-corrected chi connectivity index (χ2v) is 6.86. The monoisotopic (exact) mass is 341 g/mol. The van der Waals surface area contributed by atoms with Crippen molar-refractivity contribution < 1.29 is 4.39 Å². The summed E-state index contributed by atoms with van der Waals surface area (Å²) in [4.78, 5) is 0. The van der Waals surface area contributed by atoms with E-state index < -0.39 is 0 Å². The molecule has 0 saturated heterocycles. The van der Waals surface area contributed by atoms with Crippen LogP contribution in [-0.4, -0.2) is 13.1 Å². The number of hydrogen-bond donors (Lipinski definition) is 1. The third kappa shape index (κ3) is 4.56. The largest absolute Gasteiger partial charge is 0.316 e. The van der Waals surface area contributed by atoms with Gasteiger partial charge in [-0.15, -0.1) is 0 Å². The Morgan fingerprint density at radius 1 is 1.25 bits per heavy atom. The summed E-state index contributed by atoms with van der Waals surface area (Å²) in [5.74, 6) is 1.27. The smallest absolute Gasteiger partial charge is 0.127 e. The number of benzene rings is 1. The van der Waals surface area contributed by atoms with Crippen molar-refractivity contribution in [3.63, 3.8) is 0 Å². The van der Waals surface area contributed by atoms with Crippen molar-refractivity contribution in [1.82, 2.24) is 5.32 Å². The lowest BCUT2D eigenvalue weighted by molar-refractivity contribution is 0.227. The first-order valence-electron chi connectivity index (χ1n) is 7.85. The Kier molecular flexibility index (Phi) is 6.50. The Morgan fingerprint density at radius 2 is 2.00 bits per heavy atom. The van der Waals surface area contributed by atoms with E-state index >= 15 is 0 Å². The highest BCUT2D eigenvalue weighted by Crippen LogP contribution is 2.33. The van der Waals surface area contributed by atoms with Crippen molar-refractivity contribution in [1.29, 1.82) is 0 Å². The minimum Gasteiger partial charge on any atom is -0.316 e. The topological polar surface area (TPSA) is 12.0 Å². The maximum absolute atomic E-state index is 14.0. The quantitative estimate of drug-likeness (QED) is 0.723. The van der Waals surface area contributed by atoms with Crippen LogP contribution < -0.4 is 5.32 Å². The fraction of sp³-hybridized carbons (Fsp3) is 0.647. The van der Waals surface area contributed by atoms with Crippen LogP contribution in [-0.2, 0) is 6.42 Å². The number of nitrogens with one attached hydrogen (secondary N) is 1. The van der Waals surface area contributed by atoms with E-state index in [0.29, 0.717) is 11.8 Å². The normalized spacial score (nSPS) is 22.9. The van der Waals surface area contributed by atoms with Gasteiger partial charge in [-0.25, -0.2) is 4.39 Å². The second-order valence-electron chi connectivity index (χ2n) is 5.95. The Balaban J connectivity index is 1.97. The molecule has 20 heavy (non-hydrogen) atoms. The minimum absolute atomic E-state index is 0.0646. The Morgan fingerprint density at radius 3 is 2.70 bits per heavy atom. The molecule has 1 nitrogen and oxygen atoms in total. The van der Waals surface area contributed by atoms with Gasteiger partial charge in [0.2, 0.25) is 0 Å². The molecule has 1 aromatic carbocycles. The molecular formula is C17H25BrFN. The summed E-state index contributed by atoms with van der Waals surface area (Å²) in [5, 5.41) is 3.54. The van der Waals surface area contributed by atoms with Gasteiger partial charge in [-0.05, 0) is 68.3 Å². The van der Waals surface area contributed by atoms with Crippen molar-refractivity contribution in [2.24, 2.45) is 11.8 Å². The summed E-state index contributed by atoms with van der Waals surface area (Å²) in [5.41, 5.74) is 0.876. The average Bonchev–Trinajstić information content (AvgIpc) is 2.44. The van der Waals surface area contributed by atoms with Crippen molar-refractivity contribution >= 4 is 15.9 Å². The van der Waals surface area contributed by atoms with Crippen molar-refractivity contribution in [3.8, 4) is 0 Å². The number of halogens is 2. The molecule has 1 N–H and O–H groups in total. The predicted octanol–water partition coefficient (Wildman–Crippen LogP) is 4.94. The van der Waals surface area contributed by atoms with Crippen LogP contribution in [0.1, 0.15) is 44.6 Å². The SMILES string of the molecule is CCCNCC1CCCCC1Cc1ccc(Br)cc1F. The van der Waals surface area contributed by atoms with Crippen molar-refractivity contribution in [2.45, 2.75) is 45.4 Å². The highest BCUT2D eigenvalue weighted by atomic mass is 79.9. The first-order valence-corrected chi connectivity index (χ1v) is 8.64. The van der Waals surface area contributed by atoms with E-state index in [-0.39, 0.29) is 5.82 Å². The highest BCUT2D eigenvalue weighted by molar-refractivity contribution is 9.10. The van der Waals surface area contributed by atoms with Gasteiger partial charge >= 0.3 is 0 Å².